The number of fused-ring (bicyclic) bond motifs is 2. The van der Waals surface area contributed by atoms with E-state index < -0.39 is 16.1 Å². The molecular weight excluding hydrogens is 835 g/mol. The van der Waals surface area contributed by atoms with Gasteiger partial charge in [0.2, 0.25) is 10.3 Å². The first-order valence-electron chi connectivity index (χ1n) is 18.2. The molecule has 0 N–H and O–H groups in total. The number of nitrogens with zero attached hydrogens (tertiary/aromatic N) is 11. The number of morpholine rings is 1. The van der Waals surface area contributed by atoms with Gasteiger partial charge < -0.3 is 19.1 Å². The summed E-state index contributed by atoms with van der Waals surface area (Å²) < 4.78 is 18.3. The Kier molecular flexibility index (Phi) is 14.2. The van der Waals surface area contributed by atoms with Crippen LogP contribution >= 0.6 is 38.6 Å². The van der Waals surface area contributed by atoms with Crippen molar-refractivity contribution in [2.24, 2.45) is 0 Å². The zero-order valence-electron chi connectivity index (χ0n) is 32.2. The van der Waals surface area contributed by atoms with Crippen LogP contribution < -0.4 is 14.7 Å². The van der Waals surface area contributed by atoms with E-state index in [1.165, 1.54) is 22.7 Å². The third-order valence-corrected chi connectivity index (χ3v) is 13.8. The van der Waals surface area contributed by atoms with E-state index in [1.54, 1.807) is 17.2 Å². The molecule has 0 radical (unpaired) electrons. The summed E-state index contributed by atoms with van der Waals surface area (Å²) >= 11 is 6.39. The van der Waals surface area contributed by atoms with Crippen LogP contribution in [0.5, 0.6) is 0 Å². The number of hydrogen-bond donors (Lipinski definition) is 0. The van der Waals surface area contributed by atoms with Crippen molar-refractivity contribution in [3.8, 4) is 0 Å². The average Bonchev–Trinajstić information content (AvgIpc) is 3.90. The summed E-state index contributed by atoms with van der Waals surface area (Å²) in [5, 5.41) is 17.9. The van der Waals surface area contributed by atoms with Crippen molar-refractivity contribution in [1.82, 2.24) is 40.3 Å². The number of ether oxygens (including phenoxy) is 3. The van der Waals surface area contributed by atoms with Crippen molar-refractivity contribution in [3.05, 3.63) is 64.3 Å². The SMILES string of the molecule is C[Si](C)(C)CCOCN(c1ccc2ncc(Br)cc2n1)c1nncs1.C[Si](C)(C)CCOCN(c1ccc2ncc(N3CCOCC3)cc2n1)c1nncs1. The average molecular weight is 883 g/mol. The molecule has 0 bridgehead atoms. The van der Waals surface area contributed by atoms with Gasteiger partial charge in [0.05, 0.1) is 47.2 Å². The summed E-state index contributed by atoms with van der Waals surface area (Å²) in [6.07, 6.45) is 3.68. The Labute approximate surface area is 340 Å². The van der Waals surface area contributed by atoms with Crippen LogP contribution in [0.3, 0.4) is 0 Å². The second-order valence-corrected chi connectivity index (χ2v) is 29.1. The second-order valence-electron chi connectivity index (χ2n) is 15.4. The van der Waals surface area contributed by atoms with Gasteiger partial charge in [-0.15, -0.1) is 20.4 Å². The van der Waals surface area contributed by atoms with E-state index in [-0.39, 0.29) is 0 Å². The monoisotopic (exact) mass is 881 g/mol. The Bertz CT molecular complexity index is 2100. The molecule has 7 heterocycles. The molecule has 0 saturated carbocycles. The standard InChI is InChI=1S/C20H28N6O2SSi.C16H20BrN5OSSi/c1-30(2,3)11-10-28-15-26(20-24-22-14-29-20)19-5-4-17-18(23-19)12-16(13-21-17)25-6-8-27-9-7-25;1-25(2,3)7-6-23-11-22(16-21-19-10-24-16)15-5-4-13-14(20-15)8-12(17)9-18-13/h4-5,12-14H,6-11,15H2,1-3H3;4-5,8-10H,6-7,11H2,1-3H3. The lowest BCUT2D eigenvalue weighted by molar-refractivity contribution is 0.122. The highest BCUT2D eigenvalue weighted by Crippen LogP contribution is 2.29. The van der Waals surface area contributed by atoms with Crippen LogP contribution in [-0.4, -0.2) is 109 Å². The maximum Gasteiger partial charge on any atom is 0.215 e. The summed E-state index contributed by atoms with van der Waals surface area (Å²) in [7, 11) is -2.26. The molecule has 6 aromatic rings. The van der Waals surface area contributed by atoms with Crippen molar-refractivity contribution in [2.45, 2.75) is 51.4 Å². The molecule has 0 unspecified atom stereocenters. The molecule has 1 fully saturated rings. The summed E-state index contributed by atoms with van der Waals surface area (Å²) in [6.45, 7) is 19.6. The first-order chi connectivity index (χ1) is 26.4. The molecule has 1 saturated heterocycles. The zero-order valence-corrected chi connectivity index (χ0v) is 37.4. The van der Waals surface area contributed by atoms with Gasteiger partial charge in [0.15, 0.2) is 0 Å². The number of anilines is 5. The number of hydrogen-bond acceptors (Lipinski definition) is 16. The highest BCUT2D eigenvalue weighted by atomic mass is 79.9. The van der Waals surface area contributed by atoms with Crippen LogP contribution in [0.25, 0.3) is 22.1 Å². The summed E-state index contributed by atoms with van der Waals surface area (Å²) in [6, 6.07) is 14.2. The Morgan fingerprint density at radius 2 is 1.22 bits per heavy atom. The Hall–Kier alpha value is -3.57. The predicted molar refractivity (Wildman–Crippen MR) is 232 cm³/mol. The first kappa shape index (κ1) is 41.1. The van der Waals surface area contributed by atoms with E-state index in [4.69, 9.17) is 24.2 Å². The molecule has 0 aliphatic carbocycles. The van der Waals surface area contributed by atoms with E-state index in [9.17, 15) is 0 Å². The molecule has 0 atom stereocenters. The van der Waals surface area contributed by atoms with Gasteiger partial charge in [-0.3, -0.25) is 19.8 Å². The summed E-state index contributed by atoms with van der Waals surface area (Å²) in [4.78, 5) is 24.8. The van der Waals surface area contributed by atoms with Gasteiger partial charge in [-0.25, -0.2) is 9.97 Å². The van der Waals surface area contributed by atoms with Crippen LogP contribution in [0, 0.1) is 0 Å². The molecule has 1 aliphatic heterocycles. The molecule has 0 spiro atoms. The van der Waals surface area contributed by atoms with E-state index in [2.05, 4.69) is 96.5 Å². The van der Waals surface area contributed by atoms with Gasteiger partial charge in [-0.1, -0.05) is 62.0 Å². The van der Waals surface area contributed by atoms with Crippen LogP contribution in [0.2, 0.25) is 51.4 Å². The molecule has 7 rings (SSSR count). The molecule has 0 aromatic carbocycles. The minimum atomic E-state index is -1.14. The lowest BCUT2D eigenvalue weighted by Crippen LogP contribution is -2.36. The van der Waals surface area contributed by atoms with Crippen LogP contribution in [0.4, 0.5) is 27.6 Å². The maximum absolute atomic E-state index is 6.00. The van der Waals surface area contributed by atoms with Crippen molar-refractivity contribution >= 4 is 104 Å². The van der Waals surface area contributed by atoms with E-state index in [0.717, 1.165) is 106 Å². The fraction of sp³-hybridized carbons (Fsp3) is 0.444. The molecule has 6 aromatic heterocycles. The van der Waals surface area contributed by atoms with Crippen LogP contribution in [-0.2, 0) is 14.2 Å². The number of pyridine rings is 4. The normalized spacial score (nSPS) is 13.5. The largest absolute Gasteiger partial charge is 0.378 e. The molecule has 292 valence electrons. The zero-order chi connectivity index (χ0) is 38.8. The van der Waals surface area contributed by atoms with E-state index in [0.29, 0.717) is 13.5 Å². The molecular formula is C36H48BrN11O3S2Si2. The van der Waals surface area contributed by atoms with E-state index >= 15 is 0 Å². The maximum atomic E-state index is 6.00. The fourth-order valence-electron chi connectivity index (χ4n) is 5.33. The lowest BCUT2D eigenvalue weighted by atomic mass is 10.2. The molecule has 1 aliphatic rings. The lowest BCUT2D eigenvalue weighted by Gasteiger charge is -2.28. The highest BCUT2D eigenvalue weighted by molar-refractivity contribution is 9.10. The Morgan fingerprint density at radius 3 is 1.71 bits per heavy atom. The van der Waals surface area contributed by atoms with Gasteiger partial charge in [-0.05, 0) is 64.4 Å². The third-order valence-electron chi connectivity index (χ3n) is 8.52. The number of rotatable bonds is 15. The van der Waals surface area contributed by atoms with Crippen molar-refractivity contribution in [2.75, 3.05) is 67.7 Å². The topological polar surface area (TPSA) is 141 Å². The van der Waals surface area contributed by atoms with Gasteiger partial charge >= 0.3 is 0 Å². The Balaban J connectivity index is 0.000000190. The number of aromatic nitrogens is 8. The van der Waals surface area contributed by atoms with Crippen molar-refractivity contribution in [1.29, 1.82) is 0 Å². The quantitative estimate of drug-likeness (QED) is 0.0553. The molecule has 19 heteroatoms. The van der Waals surface area contributed by atoms with Crippen molar-refractivity contribution in [3.63, 3.8) is 0 Å². The fourth-order valence-corrected chi connectivity index (χ4v) is 8.27. The van der Waals surface area contributed by atoms with E-state index in [1.807, 2.05) is 46.3 Å². The molecule has 55 heavy (non-hydrogen) atoms. The van der Waals surface area contributed by atoms with Gasteiger partial charge in [-0.2, -0.15) is 0 Å². The van der Waals surface area contributed by atoms with Crippen molar-refractivity contribution < 1.29 is 14.2 Å². The van der Waals surface area contributed by atoms with Gasteiger partial charge in [0, 0.05) is 53.1 Å². The minimum Gasteiger partial charge on any atom is -0.378 e. The molecule has 0 amide bonds. The summed E-state index contributed by atoms with van der Waals surface area (Å²) in [5.74, 6) is 1.56. The number of halogens is 1. The van der Waals surface area contributed by atoms with Crippen LogP contribution in [0.15, 0.2) is 64.3 Å². The molecule has 14 nitrogen and oxygen atoms in total. The minimum absolute atomic E-state index is 0.398. The second kappa shape index (κ2) is 19.0. The predicted octanol–water partition coefficient (Wildman–Crippen LogP) is 8.46. The Morgan fingerprint density at radius 1 is 0.709 bits per heavy atom. The first-order valence-corrected chi connectivity index (χ1v) is 28.1. The van der Waals surface area contributed by atoms with Crippen LogP contribution in [0.1, 0.15) is 0 Å². The van der Waals surface area contributed by atoms with Gasteiger partial charge in [0.1, 0.15) is 36.1 Å². The third kappa shape index (κ3) is 12.2. The van der Waals surface area contributed by atoms with Gasteiger partial charge in [0.25, 0.3) is 0 Å². The summed E-state index contributed by atoms with van der Waals surface area (Å²) in [5.41, 5.74) is 7.91. The smallest absolute Gasteiger partial charge is 0.215 e. The highest BCUT2D eigenvalue weighted by Gasteiger charge is 2.20.